The number of carbonyl (C=O) groups excluding carboxylic acids is 1. The highest BCUT2D eigenvalue weighted by Gasteiger charge is 2.35. The first kappa shape index (κ1) is 35.6. The number of aromatic nitrogens is 1. The zero-order chi connectivity index (χ0) is 34.7. The van der Waals surface area contributed by atoms with Crippen molar-refractivity contribution in [2.75, 3.05) is 13.2 Å². The number of rotatable bonds is 10. The number of hydrogen-bond acceptors (Lipinski definition) is 7. The van der Waals surface area contributed by atoms with Crippen LogP contribution in [0.3, 0.4) is 0 Å². The lowest BCUT2D eigenvalue weighted by Gasteiger charge is -2.26. The first-order valence-corrected chi connectivity index (χ1v) is 19.0. The van der Waals surface area contributed by atoms with Gasteiger partial charge in [-0.2, -0.15) is 0 Å². The average Bonchev–Trinajstić information content (AvgIpc) is 3.39. The van der Waals surface area contributed by atoms with Gasteiger partial charge in [0.25, 0.3) is 5.56 Å². The van der Waals surface area contributed by atoms with Crippen LogP contribution in [-0.4, -0.2) is 23.8 Å². The summed E-state index contributed by atoms with van der Waals surface area (Å²) in [6.45, 7) is 4.64. The topological polar surface area (TPSA) is 79.1 Å². The number of halogens is 4. The molecule has 0 fully saturated rings. The van der Waals surface area contributed by atoms with Gasteiger partial charge in [0, 0.05) is 21.2 Å². The average molecular weight is 937 g/mol. The smallest absolute Gasteiger partial charge is 0.338 e. The van der Waals surface area contributed by atoms with Gasteiger partial charge in [-0.15, -0.1) is 0 Å². The molecular weight excluding hydrogens is 909 g/mol. The normalized spacial score (nSPS) is 14.3. The summed E-state index contributed by atoms with van der Waals surface area (Å²) in [6, 6.07) is 25.4. The van der Waals surface area contributed by atoms with Crippen molar-refractivity contribution >= 4 is 97.5 Å². The van der Waals surface area contributed by atoms with E-state index >= 15 is 0 Å². The molecule has 4 aromatic carbocycles. The third-order valence-electron chi connectivity index (χ3n) is 7.59. The molecule has 12 heteroatoms. The van der Waals surface area contributed by atoms with E-state index in [2.05, 4.69) is 45.2 Å². The molecule has 0 amide bonds. The maximum absolute atomic E-state index is 14.3. The Morgan fingerprint density at radius 3 is 2.31 bits per heavy atom. The third-order valence-corrected chi connectivity index (χ3v) is 10.8. The second kappa shape index (κ2) is 15.8. The van der Waals surface area contributed by atoms with E-state index in [0.29, 0.717) is 48.8 Å². The lowest BCUT2D eigenvalue weighted by molar-refractivity contribution is -0.138. The van der Waals surface area contributed by atoms with Crippen LogP contribution in [0.2, 0.25) is 10.0 Å². The summed E-state index contributed by atoms with van der Waals surface area (Å²) in [5.74, 6) is 0.877. The van der Waals surface area contributed by atoms with Crippen LogP contribution in [-0.2, 0) is 16.1 Å². The molecule has 6 rings (SSSR count). The molecule has 0 saturated carbocycles. The van der Waals surface area contributed by atoms with E-state index in [1.807, 2.05) is 85.8 Å². The Balaban J connectivity index is 1.46. The van der Waals surface area contributed by atoms with Crippen LogP contribution in [0.5, 0.6) is 11.5 Å². The van der Waals surface area contributed by atoms with Gasteiger partial charge in [0.2, 0.25) is 0 Å². The van der Waals surface area contributed by atoms with E-state index in [-0.39, 0.29) is 18.8 Å². The van der Waals surface area contributed by atoms with Gasteiger partial charge in [-0.05, 0) is 113 Å². The van der Waals surface area contributed by atoms with Gasteiger partial charge in [-0.1, -0.05) is 83.1 Å². The van der Waals surface area contributed by atoms with Gasteiger partial charge in [-0.3, -0.25) is 9.36 Å². The van der Waals surface area contributed by atoms with Crippen LogP contribution < -0.4 is 24.4 Å². The molecule has 0 spiro atoms. The lowest BCUT2D eigenvalue weighted by Crippen LogP contribution is -2.40. The van der Waals surface area contributed by atoms with Gasteiger partial charge in [0.15, 0.2) is 4.80 Å². The van der Waals surface area contributed by atoms with Crippen molar-refractivity contribution in [1.82, 2.24) is 4.57 Å². The molecule has 1 atom stereocenters. The van der Waals surface area contributed by atoms with Crippen molar-refractivity contribution in [2.45, 2.75) is 26.5 Å². The van der Waals surface area contributed by atoms with E-state index in [4.69, 9.17) is 42.4 Å². The minimum atomic E-state index is -0.779. The van der Waals surface area contributed by atoms with E-state index in [0.717, 1.165) is 29.4 Å². The highest BCUT2D eigenvalue weighted by molar-refractivity contribution is 14.1. The van der Waals surface area contributed by atoms with Crippen molar-refractivity contribution in [3.63, 3.8) is 0 Å². The summed E-state index contributed by atoms with van der Waals surface area (Å²) in [4.78, 5) is 33.5. The molecule has 0 radical (unpaired) electrons. The van der Waals surface area contributed by atoms with Crippen molar-refractivity contribution in [3.8, 4) is 11.5 Å². The van der Waals surface area contributed by atoms with Crippen LogP contribution in [0.25, 0.3) is 11.8 Å². The Bertz CT molecular complexity index is 2230. The molecule has 1 aliphatic heterocycles. The molecule has 0 saturated heterocycles. The number of benzene rings is 4. The summed E-state index contributed by atoms with van der Waals surface area (Å²) in [5, 5.41) is 1.10. The summed E-state index contributed by atoms with van der Waals surface area (Å²) in [7, 11) is 0. The summed E-state index contributed by atoms with van der Waals surface area (Å²) < 4.78 is 21.2. The Kier molecular flexibility index (Phi) is 11.5. The van der Waals surface area contributed by atoms with Gasteiger partial charge < -0.3 is 14.2 Å². The van der Waals surface area contributed by atoms with E-state index in [1.165, 1.54) is 11.3 Å². The van der Waals surface area contributed by atoms with E-state index in [1.54, 1.807) is 23.6 Å². The molecule has 7 nitrogen and oxygen atoms in total. The molecule has 0 aliphatic carbocycles. The number of esters is 1. The third kappa shape index (κ3) is 7.78. The first-order chi connectivity index (χ1) is 23.7. The summed E-state index contributed by atoms with van der Waals surface area (Å²) in [6.07, 6.45) is 1.85. The Morgan fingerprint density at radius 2 is 1.65 bits per heavy atom. The van der Waals surface area contributed by atoms with Crippen molar-refractivity contribution in [1.29, 1.82) is 0 Å². The minimum Gasteiger partial charge on any atom is -0.494 e. The molecule has 0 N–H and O–H groups in total. The van der Waals surface area contributed by atoms with Crippen molar-refractivity contribution < 1.29 is 19.0 Å². The second-order valence-corrected chi connectivity index (χ2v) is 14.9. The Hall–Kier alpha value is -3.17. The molecule has 0 bridgehead atoms. The number of nitrogens with zero attached hydrogens (tertiary/aromatic N) is 2. The standard InChI is InChI=1S/C37H28Cl2I2N2O5S/c1-3-46-26-14-11-23(12-15-26)33-31(36(45)47-4-2)32(22-8-6-5-7-9-22)42-37-43(33)35(44)30(49-37)18-21-16-28(40)34(29(41)17-21)48-20-24-10-13-25(38)19-27(24)39/h5-19,33H,3-4,20H2,1-2H3/b30-18-/t33-/m0/s1. The van der Waals surface area contributed by atoms with Gasteiger partial charge in [0.1, 0.15) is 18.1 Å². The maximum Gasteiger partial charge on any atom is 0.338 e. The molecule has 2 heterocycles. The second-order valence-electron chi connectivity index (χ2n) is 10.8. The van der Waals surface area contributed by atoms with Gasteiger partial charge in [0.05, 0.1) is 42.2 Å². The lowest BCUT2D eigenvalue weighted by atomic mass is 9.93. The molecule has 1 aromatic heterocycles. The fraction of sp³-hybridized carbons (Fsp3) is 0.162. The zero-order valence-corrected chi connectivity index (χ0v) is 32.9. The number of ether oxygens (including phenoxy) is 3. The largest absolute Gasteiger partial charge is 0.494 e. The number of hydrogen-bond donors (Lipinski definition) is 0. The van der Waals surface area contributed by atoms with E-state index in [9.17, 15) is 9.59 Å². The monoisotopic (exact) mass is 936 g/mol. The number of thiazole rings is 1. The molecule has 0 unspecified atom stereocenters. The van der Waals surface area contributed by atoms with Crippen LogP contribution in [0.1, 0.15) is 42.1 Å². The SMILES string of the molecule is CCOC(=O)C1=C(c2ccccc2)N=c2s/c(=C\c3cc(I)c(OCc4ccc(Cl)cc4Cl)c(I)c3)c(=O)n2[C@H]1c1ccc(OCC)cc1. The molecular formula is C37H28Cl2I2N2O5S. The molecule has 1 aliphatic rings. The predicted molar refractivity (Wildman–Crippen MR) is 211 cm³/mol. The summed E-state index contributed by atoms with van der Waals surface area (Å²) >= 11 is 18.1. The van der Waals surface area contributed by atoms with Gasteiger partial charge in [-0.25, -0.2) is 9.79 Å². The fourth-order valence-corrected chi connectivity index (χ4v) is 9.00. The van der Waals surface area contributed by atoms with Crippen LogP contribution in [0.4, 0.5) is 0 Å². The van der Waals surface area contributed by atoms with Gasteiger partial charge >= 0.3 is 5.97 Å². The van der Waals surface area contributed by atoms with Crippen molar-refractivity contribution in [3.05, 3.63) is 150 Å². The van der Waals surface area contributed by atoms with E-state index < -0.39 is 12.0 Å². The van der Waals surface area contributed by atoms with Crippen LogP contribution >= 0.6 is 79.7 Å². The quantitative estimate of drug-likeness (QED) is 0.104. The highest BCUT2D eigenvalue weighted by Crippen LogP contribution is 2.36. The van der Waals surface area contributed by atoms with Crippen LogP contribution in [0, 0.1) is 7.14 Å². The van der Waals surface area contributed by atoms with Crippen molar-refractivity contribution in [2.24, 2.45) is 4.99 Å². The molecule has 5 aromatic rings. The number of carbonyl (C=O) groups is 1. The zero-order valence-electron chi connectivity index (χ0n) is 26.2. The number of fused-ring (bicyclic) bond motifs is 1. The molecule has 250 valence electrons. The minimum absolute atomic E-state index is 0.175. The Labute approximate surface area is 324 Å². The maximum atomic E-state index is 14.3. The summed E-state index contributed by atoms with van der Waals surface area (Å²) in [5.41, 5.74) is 3.62. The Morgan fingerprint density at radius 1 is 0.939 bits per heavy atom. The van der Waals surface area contributed by atoms with Crippen LogP contribution in [0.15, 0.2) is 100 Å². The first-order valence-electron chi connectivity index (χ1n) is 15.3. The fourth-order valence-electron chi connectivity index (χ4n) is 5.41. The molecule has 49 heavy (non-hydrogen) atoms. The highest BCUT2D eigenvalue weighted by atomic mass is 127. The predicted octanol–water partition coefficient (Wildman–Crippen LogP) is 8.43.